The van der Waals surface area contributed by atoms with E-state index in [-0.39, 0.29) is 5.92 Å². The molecule has 2 aliphatic heterocycles. The number of rotatable bonds is 2. The lowest BCUT2D eigenvalue weighted by molar-refractivity contribution is -0.145. The molecular formula is C14H16N2O2. The molecule has 0 bridgehead atoms. The molecule has 0 radical (unpaired) electrons. The number of hydrogen-bond acceptors (Lipinski definition) is 3. The fourth-order valence-corrected chi connectivity index (χ4v) is 2.81. The smallest absolute Gasteiger partial charge is 0.318 e. The Morgan fingerprint density at radius 2 is 2.39 bits per heavy atom. The summed E-state index contributed by atoms with van der Waals surface area (Å²) in [5.41, 5.74) is 1.14. The van der Waals surface area contributed by atoms with Crippen LogP contribution in [0.1, 0.15) is 6.42 Å². The van der Waals surface area contributed by atoms with Crippen LogP contribution in [0.25, 0.3) is 0 Å². The van der Waals surface area contributed by atoms with Crippen LogP contribution in [0.3, 0.4) is 0 Å². The van der Waals surface area contributed by atoms with E-state index in [1.807, 2.05) is 30.5 Å². The monoisotopic (exact) mass is 244 g/mol. The van der Waals surface area contributed by atoms with Crippen molar-refractivity contribution in [3.63, 3.8) is 0 Å². The Kier molecular flexibility index (Phi) is 2.51. The van der Waals surface area contributed by atoms with Gasteiger partial charge in [0.2, 0.25) is 0 Å². The second-order valence-electron chi connectivity index (χ2n) is 4.88. The zero-order chi connectivity index (χ0) is 12.6. The third kappa shape index (κ3) is 1.56. The van der Waals surface area contributed by atoms with Gasteiger partial charge < -0.3 is 15.7 Å². The predicted molar refractivity (Wildman–Crippen MR) is 68.6 cm³/mol. The van der Waals surface area contributed by atoms with Gasteiger partial charge in [0.1, 0.15) is 5.41 Å². The van der Waals surface area contributed by atoms with Gasteiger partial charge in [-0.25, -0.2) is 0 Å². The molecule has 4 heteroatoms. The number of hydrogen-bond donors (Lipinski definition) is 3. The standard InChI is InChI=1S/C14H16N2O2/c17-13(18)14(11-3-6-15-7-4-11)5-1-10-2-8-16-12(10)9-14/h1-3,5-6,9,11,15-16H,4,7-8H2,(H,17,18). The maximum Gasteiger partial charge on any atom is 0.318 e. The van der Waals surface area contributed by atoms with Crippen molar-refractivity contribution in [2.24, 2.45) is 11.3 Å². The van der Waals surface area contributed by atoms with Crippen LogP contribution in [0.4, 0.5) is 0 Å². The number of fused-ring (bicyclic) bond motifs is 1. The first kappa shape index (κ1) is 11.1. The molecule has 0 saturated heterocycles. The van der Waals surface area contributed by atoms with Gasteiger partial charge in [-0.3, -0.25) is 4.79 Å². The van der Waals surface area contributed by atoms with Crippen molar-refractivity contribution in [3.8, 4) is 0 Å². The third-order valence-electron chi connectivity index (χ3n) is 3.88. The number of allylic oxidation sites excluding steroid dienone is 2. The van der Waals surface area contributed by atoms with Gasteiger partial charge in [0.15, 0.2) is 0 Å². The number of carboxylic acids is 1. The van der Waals surface area contributed by atoms with E-state index < -0.39 is 11.4 Å². The first-order chi connectivity index (χ1) is 8.72. The predicted octanol–water partition coefficient (Wildman–Crippen LogP) is 1.16. The summed E-state index contributed by atoms with van der Waals surface area (Å²) in [4.78, 5) is 11.8. The minimum absolute atomic E-state index is 0.00366. The molecular weight excluding hydrogens is 228 g/mol. The van der Waals surface area contributed by atoms with Crippen LogP contribution in [0.2, 0.25) is 0 Å². The molecule has 2 heterocycles. The van der Waals surface area contributed by atoms with Crippen LogP contribution in [0.5, 0.6) is 0 Å². The van der Waals surface area contributed by atoms with Crippen LogP contribution in [-0.4, -0.2) is 24.2 Å². The molecule has 0 fully saturated rings. The minimum Gasteiger partial charge on any atom is -0.480 e. The van der Waals surface area contributed by atoms with E-state index in [0.29, 0.717) is 0 Å². The number of nitrogens with one attached hydrogen (secondary N) is 2. The van der Waals surface area contributed by atoms with Crippen molar-refractivity contribution in [3.05, 3.63) is 47.9 Å². The van der Waals surface area contributed by atoms with E-state index in [1.54, 1.807) is 0 Å². The van der Waals surface area contributed by atoms with Gasteiger partial charge >= 0.3 is 5.97 Å². The van der Waals surface area contributed by atoms with E-state index in [0.717, 1.165) is 30.8 Å². The molecule has 0 spiro atoms. The second kappa shape index (κ2) is 4.05. The Hall–Kier alpha value is -1.97. The molecule has 0 saturated carbocycles. The van der Waals surface area contributed by atoms with E-state index in [4.69, 9.17) is 0 Å². The van der Waals surface area contributed by atoms with Crippen molar-refractivity contribution < 1.29 is 9.90 Å². The van der Waals surface area contributed by atoms with Crippen molar-refractivity contribution in [2.45, 2.75) is 6.42 Å². The molecule has 94 valence electrons. The van der Waals surface area contributed by atoms with Gasteiger partial charge in [-0.2, -0.15) is 0 Å². The molecule has 4 nitrogen and oxygen atoms in total. The van der Waals surface area contributed by atoms with Crippen molar-refractivity contribution >= 4 is 5.97 Å². The van der Waals surface area contributed by atoms with Gasteiger partial charge in [-0.05, 0) is 24.3 Å². The van der Waals surface area contributed by atoms with Crippen LogP contribution < -0.4 is 10.6 Å². The molecule has 0 aromatic rings. The summed E-state index contributed by atoms with van der Waals surface area (Å²) in [6, 6.07) is 0. The number of carbonyl (C=O) groups is 1. The highest BCUT2D eigenvalue weighted by Crippen LogP contribution is 2.41. The zero-order valence-corrected chi connectivity index (χ0v) is 10.0. The average molecular weight is 244 g/mol. The minimum atomic E-state index is -0.914. The van der Waals surface area contributed by atoms with E-state index in [2.05, 4.69) is 16.7 Å². The highest BCUT2D eigenvalue weighted by molar-refractivity contribution is 5.82. The summed E-state index contributed by atoms with van der Waals surface area (Å²) >= 11 is 0. The summed E-state index contributed by atoms with van der Waals surface area (Å²) in [6.07, 6.45) is 12.4. The van der Waals surface area contributed by atoms with Crippen LogP contribution in [-0.2, 0) is 4.79 Å². The molecule has 0 amide bonds. The van der Waals surface area contributed by atoms with Gasteiger partial charge in [0.25, 0.3) is 0 Å². The molecule has 0 aromatic carbocycles. The van der Waals surface area contributed by atoms with E-state index in [9.17, 15) is 9.90 Å². The summed E-state index contributed by atoms with van der Waals surface area (Å²) < 4.78 is 0. The van der Waals surface area contributed by atoms with Crippen LogP contribution in [0.15, 0.2) is 47.9 Å². The zero-order valence-electron chi connectivity index (χ0n) is 10.0. The Morgan fingerprint density at radius 3 is 3.11 bits per heavy atom. The Balaban J connectivity index is 2.03. The van der Waals surface area contributed by atoms with Crippen molar-refractivity contribution in [2.75, 3.05) is 13.1 Å². The van der Waals surface area contributed by atoms with Gasteiger partial charge in [0.05, 0.1) is 0 Å². The number of aliphatic carboxylic acids is 1. The lowest BCUT2D eigenvalue weighted by atomic mass is 9.70. The van der Waals surface area contributed by atoms with E-state index in [1.165, 1.54) is 0 Å². The lowest BCUT2D eigenvalue weighted by Crippen LogP contribution is -2.39. The van der Waals surface area contributed by atoms with Crippen molar-refractivity contribution in [1.82, 2.24) is 10.6 Å². The summed E-state index contributed by atoms with van der Waals surface area (Å²) in [5.74, 6) is -0.778. The molecule has 18 heavy (non-hydrogen) atoms. The first-order valence-corrected chi connectivity index (χ1v) is 6.22. The quantitative estimate of drug-likeness (QED) is 0.682. The fraction of sp³-hybridized carbons (Fsp3) is 0.357. The van der Waals surface area contributed by atoms with Gasteiger partial charge in [-0.1, -0.05) is 24.3 Å². The topological polar surface area (TPSA) is 61.4 Å². The molecule has 2 unspecified atom stereocenters. The van der Waals surface area contributed by atoms with Crippen LogP contribution in [0, 0.1) is 11.3 Å². The maximum absolute atomic E-state index is 11.8. The summed E-state index contributed by atoms with van der Waals surface area (Å²) in [7, 11) is 0. The average Bonchev–Trinajstić information content (AvgIpc) is 2.86. The van der Waals surface area contributed by atoms with Crippen LogP contribution >= 0.6 is 0 Å². The lowest BCUT2D eigenvalue weighted by Gasteiger charge is -2.34. The normalized spacial score (nSPS) is 33.0. The molecule has 3 N–H and O–H groups in total. The van der Waals surface area contributed by atoms with E-state index >= 15 is 0 Å². The summed E-state index contributed by atoms with van der Waals surface area (Å²) in [5, 5.41) is 16.0. The first-order valence-electron chi connectivity index (χ1n) is 6.22. The Labute approximate surface area is 106 Å². The van der Waals surface area contributed by atoms with Crippen molar-refractivity contribution in [1.29, 1.82) is 0 Å². The van der Waals surface area contributed by atoms with Gasteiger partial charge in [0, 0.05) is 24.7 Å². The molecule has 1 aliphatic carbocycles. The largest absolute Gasteiger partial charge is 0.480 e. The van der Waals surface area contributed by atoms with Gasteiger partial charge in [-0.15, -0.1) is 0 Å². The highest BCUT2D eigenvalue weighted by Gasteiger charge is 2.43. The molecule has 2 atom stereocenters. The number of carboxylic acid groups (broad SMARTS) is 1. The summed E-state index contributed by atoms with van der Waals surface area (Å²) in [6.45, 7) is 1.60. The Morgan fingerprint density at radius 1 is 1.50 bits per heavy atom. The third-order valence-corrected chi connectivity index (χ3v) is 3.88. The highest BCUT2D eigenvalue weighted by atomic mass is 16.4. The maximum atomic E-state index is 11.8. The molecule has 0 aromatic heterocycles. The fourth-order valence-electron chi connectivity index (χ4n) is 2.81. The molecule has 3 rings (SSSR count). The SMILES string of the molecule is O=C(O)C1(C2C=CNCC2)C=CC2=CCNC2=C1. The molecule has 3 aliphatic rings. The Bertz CT molecular complexity index is 502. The second-order valence-corrected chi connectivity index (χ2v) is 4.88.